The van der Waals surface area contributed by atoms with Crippen LogP contribution in [0, 0.1) is 0 Å². The van der Waals surface area contributed by atoms with Crippen LogP contribution < -0.4 is 5.73 Å². The Kier molecular flexibility index (Phi) is 4.28. The number of ether oxygens (including phenoxy) is 1. The molecule has 19 heavy (non-hydrogen) atoms. The molecule has 0 spiro atoms. The summed E-state index contributed by atoms with van der Waals surface area (Å²) in [5, 5.41) is -0.182. The highest BCUT2D eigenvalue weighted by atomic mass is 35.6. The first-order valence-electron chi connectivity index (χ1n) is 5.40. The molecule has 2 rings (SSSR count). The van der Waals surface area contributed by atoms with Gasteiger partial charge < -0.3 is 10.5 Å². The van der Waals surface area contributed by atoms with Crippen molar-refractivity contribution in [2.75, 3.05) is 6.61 Å². The molecule has 106 valence electrons. The number of β-lactam (4-membered cyclic amide) rings is 1. The molecule has 2 aliphatic heterocycles. The monoisotopic (exact) mass is 344 g/mol. The van der Waals surface area contributed by atoms with Crippen LogP contribution in [0.25, 0.3) is 0 Å². The second-order valence-electron chi connectivity index (χ2n) is 4.21. The lowest BCUT2D eigenvalue weighted by Crippen LogP contribution is -2.68. The topological polar surface area (TPSA) is 72.6 Å². The number of halogens is 3. The molecule has 1 saturated heterocycles. The van der Waals surface area contributed by atoms with E-state index in [9.17, 15) is 9.59 Å². The molecule has 0 aromatic carbocycles. The van der Waals surface area contributed by atoms with E-state index in [4.69, 9.17) is 45.3 Å². The minimum absolute atomic E-state index is 0.0516. The van der Waals surface area contributed by atoms with E-state index in [1.54, 1.807) is 6.08 Å². The highest BCUT2D eigenvalue weighted by Crippen LogP contribution is 2.40. The highest BCUT2D eigenvalue weighted by Gasteiger charge is 2.51. The van der Waals surface area contributed by atoms with E-state index >= 15 is 0 Å². The quantitative estimate of drug-likeness (QED) is 0.465. The predicted molar refractivity (Wildman–Crippen MR) is 75.0 cm³/mol. The summed E-state index contributed by atoms with van der Waals surface area (Å²) in [6.07, 6.45) is 1.64. The molecule has 0 aliphatic carbocycles. The van der Waals surface area contributed by atoms with Crippen LogP contribution in [0.2, 0.25) is 0 Å². The average molecular weight is 346 g/mol. The number of rotatable bonds is 2. The van der Waals surface area contributed by atoms with Crippen molar-refractivity contribution in [1.29, 1.82) is 0 Å². The Morgan fingerprint density at radius 3 is 2.79 bits per heavy atom. The number of nitrogens with zero attached hydrogens (tertiary/aromatic N) is 1. The zero-order valence-electron chi connectivity index (χ0n) is 9.81. The summed E-state index contributed by atoms with van der Waals surface area (Å²) < 4.78 is 3.20. The Morgan fingerprint density at radius 1 is 1.58 bits per heavy atom. The van der Waals surface area contributed by atoms with E-state index < -0.39 is 15.8 Å². The number of thioether (sulfide) groups is 1. The SMILES string of the molecule is CC1C=C(C(=O)OCC(Cl)(Cl)Cl)N2C(=O)C(N)[C@H]2S1. The first kappa shape index (κ1) is 15.3. The molecule has 0 aromatic rings. The fourth-order valence-corrected chi connectivity index (χ4v) is 3.27. The van der Waals surface area contributed by atoms with Crippen molar-refractivity contribution in [3.8, 4) is 0 Å². The van der Waals surface area contributed by atoms with Gasteiger partial charge >= 0.3 is 5.97 Å². The molecule has 3 atom stereocenters. The third-order valence-corrected chi connectivity index (χ3v) is 4.34. The molecule has 5 nitrogen and oxygen atoms in total. The molecule has 0 bridgehead atoms. The summed E-state index contributed by atoms with van der Waals surface area (Å²) in [5.41, 5.74) is 5.85. The van der Waals surface area contributed by atoms with Crippen LogP contribution in [-0.4, -0.2) is 43.8 Å². The van der Waals surface area contributed by atoms with Gasteiger partial charge in [-0.1, -0.05) is 34.8 Å². The maximum atomic E-state index is 11.9. The number of hydrogen-bond acceptors (Lipinski definition) is 5. The van der Waals surface area contributed by atoms with Gasteiger partial charge in [-0.25, -0.2) is 4.79 Å². The van der Waals surface area contributed by atoms with Gasteiger partial charge in [0.1, 0.15) is 23.7 Å². The molecule has 0 saturated carbocycles. The van der Waals surface area contributed by atoms with Gasteiger partial charge in [-0.15, -0.1) is 11.8 Å². The second kappa shape index (κ2) is 5.33. The van der Waals surface area contributed by atoms with E-state index in [-0.39, 0.29) is 28.8 Å². The molecule has 1 fully saturated rings. The largest absolute Gasteiger partial charge is 0.456 e. The van der Waals surface area contributed by atoms with Crippen molar-refractivity contribution in [2.45, 2.75) is 27.4 Å². The number of amides is 1. The van der Waals surface area contributed by atoms with E-state index in [0.717, 1.165) is 0 Å². The van der Waals surface area contributed by atoms with Gasteiger partial charge in [0.25, 0.3) is 0 Å². The van der Waals surface area contributed by atoms with E-state index in [0.29, 0.717) is 0 Å². The van der Waals surface area contributed by atoms with Crippen LogP contribution in [0.3, 0.4) is 0 Å². The third kappa shape index (κ3) is 3.13. The lowest BCUT2D eigenvalue weighted by molar-refractivity contribution is -0.150. The van der Waals surface area contributed by atoms with Gasteiger partial charge in [-0.05, 0) is 13.0 Å². The average Bonchev–Trinajstić information content (AvgIpc) is 2.33. The highest BCUT2D eigenvalue weighted by molar-refractivity contribution is 8.00. The Morgan fingerprint density at radius 2 is 2.21 bits per heavy atom. The standard InChI is InChI=1S/C10H11Cl3N2O3S/c1-4-2-5(9(17)18-3-10(11,12)13)15-7(16)6(14)8(15)19-4/h2,4,6,8H,3,14H2,1H3/t4?,6?,8-/m1/s1. The molecular weight excluding hydrogens is 335 g/mol. The summed E-state index contributed by atoms with van der Waals surface area (Å²) in [4.78, 5) is 24.9. The molecule has 9 heteroatoms. The van der Waals surface area contributed by atoms with Gasteiger partial charge in [0.2, 0.25) is 9.70 Å². The number of esters is 1. The van der Waals surface area contributed by atoms with Gasteiger partial charge in [-0.2, -0.15) is 0 Å². The number of carbonyl (C=O) groups is 2. The van der Waals surface area contributed by atoms with Crippen molar-refractivity contribution < 1.29 is 14.3 Å². The lowest BCUT2D eigenvalue weighted by atomic mass is 10.1. The number of carbonyl (C=O) groups excluding carboxylic acids is 2. The van der Waals surface area contributed by atoms with Gasteiger partial charge in [0.15, 0.2) is 0 Å². The normalized spacial score (nSPS) is 30.4. The molecule has 1 amide bonds. The fraction of sp³-hybridized carbons (Fsp3) is 0.600. The summed E-state index contributed by atoms with van der Waals surface area (Å²) in [6, 6.07) is -0.586. The maximum absolute atomic E-state index is 11.9. The number of nitrogens with two attached hydrogens (primary N) is 1. The Hall–Kier alpha value is -0.140. The first-order chi connectivity index (χ1) is 8.70. The van der Waals surface area contributed by atoms with Crippen LogP contribution in [0.15, 0.2) is 11.8 Å². The van der Waals surface area contributed by atoms with Crippen LogP contribution in [0.4, 0.5) is 0 Å². The zero-order valence-corrected chi connectivity index (χ0v) is 12.9. The van der Waals surface area contributed by atoms with Crippen molar-refractivity contribution in [1.82, 2.24) is 4.90 Å². The first-order valence-corrected chi connectivity index (χ1v) is 7.48. The third-order valence-electron chi connectivity index (χ3n) is 2.67. The van der Waals surface area contributed by atoms with Crippen LogP contribution in [-0.2, 0) is 14.3 Å². The van der Waals surface area contributed by atoms with Crippen LogP contribution in [0.5, 0.6) is 0 Å². The summed E-state index contributed by atoms with van der Waals surface area (Å²) >= 11 is 18.0. The smallest absolute Gasteiger partial charge is 0.354 e. The number of hydrogen-bond donors (Lipinski definition) is 1. The van der Waals surface area contributed by atoms with E-state index in [1.165, 1.54) is 16.7 Å². The van der Waals surface area contributed by atoms with Crippen molar-refractivity contribution in [2.24, 2.45) is 5.73 Å². The molecule has 2 N–H and O–H groups in total. The summed E-state index contributed by atoms with van der Waals surface area (Å²) in [6.45, 7) is 1.52. The molecule has 2 unspecified atom stereocenters. The van der Waals surface area contributed by atoms with Crippen molar-refractivity contribution in [3.05, 3.63) is 11.8 Å². The van der Waals surface area contributed by atoms with Crippen molar-refractivity contribution >= 4 is 58.4 Å². The van der Waals surface area contributed by atoms with E-state index in [2.05, 4.69) is 0 Å². The lowest BCUT2D eigenvalue weighted by Gasteiger charge is -2.48. The van der Waals surface area contributed by atoms with Gasteiger partial charge in [0.05, 0.1) is 0 Å². The fourth-order valence-electron chi connectivity index (χ4n) is 1.84. The Balaban J connectivity index is 2.10. The second-order valence-corrected chi connectivity index (χ2v) is 8.22. The van der Waals surface area contributed by atoms with Crippen molar-refractivity contribution in [3.63, 3.8) is 0 Å². The summed E-state index contributed by atoms with van der Waals surface area (Å²) in [7, 11) is 0. The van der Waals surface area contributed by atoms with Gasteiger partial charge in [-0.3, -0.25) is 9.69 Å². The summed E-state index contributed by atoms with van der Waals surface area (Å²) in [5.74, 6) is -0.995. The van der Waals surface area contributed by atoms with E-state index in [1.807, 2.05) is 6.92 Å². The predicted octanol–water partition coefficient (Wildman–Crippen LogP) is 1.41. The van der Waals surface area contributed by atoms with Gasteiger partial charge in [0, 0.05) is 5.25 Å². The van der Waals surface area contributed by atoms with Crippen LogP contribution in [0.1, 0.15) is 6.92 Å². The maximum Gasteiger partial charge on any atom is 0.354 e. The zero-order chi connectivity index (χ0) is 14.4. The van der Waals surface area contributed by atoms with Crippen LogP contribution >= 0.6 is 46.6 Å². The number of alkyl halides is 3. The molecule has 0 radical (unpaired) electrons. The molecule has 0 aromatic heterocycles. The number of fused-ring (bicyclic) bond motifs is 1. The molecular formula is C10H11Cl3N2O3S. The Labute approximate surface area is 129 Å². The molecule has 2 heterocycles. The minimum Gasteiger partial charge on any atom is -0.456 e. The Bertz CT molecular complexity index is 452. The molecule has 2 aliphatic rings. The minimum atomic E-state index is -1.68.